The molecule has 3 N–H and O–H groups in total. The van der Waals surface area contributed by atoms with Crippen molar-refractivity contribution in [2.45, 2.75) is 26.7 Å². The fourth-order valence-corrected chi connectivity index (χ4v) is 2.31. The maximum atomic E-state index is 12.2. The summed E-state index contributed by atoms with van der Waals surface area (Å²) < 4.78 is 0. The van der Waals surface area contributed by atoms with Gasteiger partial charge in [-0.3, -0.25) is 14.7 Å². The number of hydrogen-bond acceptors (Lipinski definition) is 3. The minimum atomic E-state index is -0.909. The van der Waals surface area contributed by atoms with Crippen molar-refractivity contribution in [3.8, 4) is 0 Å². The predicted molar refractivity (Wildman–Crippen MR) is 79.1 cm³/mol. The molecule has 0 spiro atoms. The van der Waals surface area contributed by atoms with Crippen molar-refractivity contribution in [1.82, 2.24) is 15.5 Å². The van der Waals surface area contributed by atoms with Crippen LogP contribution in [0.3, 0.4) is 0 Å². The maximum Gasteiger partial charge on any atom is 0.311 e. The number of nitrogens with zero attached hydrogens (tertiary/aromatic N) is 1. The first kappa shape index (κ1) is 15.0. The standard InChI is InChI=1S/C15H19N3O3/c1-3-15(4-2,14(20)21)9-16-13(19)10-5-6-11-8-17-18-12(11)7-10/h5-8H,3-4,9H2,1-2H3,(H,16,19)(H,17,18)(H,20,21). The molecule has 21 heavy (non-hydrogen) atoms. The molecule has 6 heteroatoms. The number of rotatable bonds is 6. The summed E-state index contributed by atoms with van der Waals surface area (Å²) in [4.78, 5) is 23.6. The Balaban J connectivity index is 2.12. The number of fused-ring (bicyclic) bond motifs is 1. The zero-order valence-corrected chi connectivity index (χ0v) is 12.1. The number of hydrogen-bond donors (Lipinski definition) is 3. The number of carbonyl (C=O) groups is 2. The molecule has 0 aliphatic carbocycles. The van der Waals surface area contributed by atoms with E-state index in [0.29, 0.717) is 18.4 Å². The molecule has 0 aliphatic heterocycles. The number of aliphatic carboxylic acids is 1. The van der Waals surface area contributed by atoms with Crippen molar-refractivity contribution >= 4 is 22.8 Å². The molecule has 0 unspecified atom stereocenters. The second-order valence-corrected chi connectivity index (χ2v) is 5.15. The fraction of sp³-hybridized carbons (Fsp3) is 0.400. The second kappa shape index (κ2) is 5.95. The van der Waals surface area contributed by atoms with Crippen LogP contribution in [-0.2, 0) is 4.79 Å². The van der Waals surface area contributed by atoms with Crippen molar-refractivity contribution < 1.29 is 14.7 Å². The summed E-state index contributed by atoms with van der Waals surface area (Å²) in [6.07, 6.45) is 2.62. The van der Waals surface area contributed by atoms with E-state index in [1.807, 2.05) is 13.8 Å². The smallest absolute Gasteiger partial charge is 0.311 e. The van der Waals surface area contributed by atoms with Gasteiger partial charge in [-0.25, -0.2) is 0 Å². The van der Waals surface area contributed by atoms with Crippen LogP contribution in [0, 0.1) is 5.41 Å². The molecule has 6 nitrogen and oxygen atoms in total. The van der Waals surface area contributed by atoms with E-state index in [1.54, 1.807) is 24.4 Å². The van der Waals surface area contributed by atoms with Crippen molar-refractivity contribution in [1.29, 1.82) is 0 Å². The van der Waals surface area contributed by atoms with Crippen molar-refractivity contribution in [2.24, 2.45) is 5.41 Å². The number of aromatic nitrogens is 2. The van der Waals surface area contributed by atoms with Gasteiger partial charge < -0.3 is 10.4 Å². The molecule has 1 aromatic heterocycles. The molecule has 2 rings (SSSR count). The quantitative estimate of drug-likeness (QED) is 0.759. The monoisotopic (exact) mass is 289 g/mol. The lowest BCUT2D eigenvalue weighted by Crippen LogP contribution is -2.42. The lowest BCUT2D eigenvalue weighted by Gasteiger charge is -2.26. The molecule has 1 heterocycles. The van der Waals surface area contributed by atoms with E-state index >= 15 is 0 Å². The van der Waals surface area contributed by atoms with Gasteiger partial charge in [-0.1, -0.05) is 19.9 Å². The third kappa shape index (κ3) is 2.89. The van der Waals surface area contributed by atoms with Gasteiger partial charge in [0.2, 0.25) is 0 Å². The molecule has 112 valence electrons. The number of carboxylic acids is 1. The van der Waals surface area contributed by atoms with Crippen LogP contribution in [0.15, 0.2) is 24.4 Å². The molecular formula is C15H19N3O3. The molecule has 2 aromatic rings. The lowest BCUT2D eigenvalue weighted by atomic mass is 9.82. The van der Waals surface area contributed by atoms with Gasteiger partial charge in [-0.15, -0.1) is 0 Å². The number of amides is 1. The summed E-state index contributed by atoms with van der Waals surface area (Å²) in [6.45, 7) is 3.76. The van der Waals surface area contributed by atoms with E-state index in [4.69, 9.17) is 0 Å². The van der Waals surface area contributed by atoms with Crippen LogP contribution in [0.25, 0.3) is 10.9 Å². The van der Waals surface area contributed by atoms with Crippen molar-refractivity contribution in [3.63, 3.8) is 0 Å². The molecule has 0 atom stereocenters. The highest BCUT2D eigenvalue weighted by Crippen LogP contribution is 2.25. The number of aromatic amines is 1. The Labute approximate surface area is 122 Å². The molecule has 1 aromatic carbocycles. The van der Waals surface area contributed by atoms with Crippen LogP contribution in [0.2, 0.25) is 0 Å². The van der Waals surface area contributed by atoms with Crippen LogP contribution in [-0.4, -0.2) is 33.7 Å². The van der Waals surface area contributed by atoms with Crippen molar-refractivity contribution in [2.75, 3.05) is 6.54 Å². The highest BCUT2D eigenvalue weighted by Gasteiger charge is 2.35. The van der Waals surface area contributed by atoms with Gasteiger partial charge in [0.25, 0.3) is 5.91 Å². The van der Waals surface area contributed by atoms with E-state index in [9.17, 15) is 14.7 Å². The van der Waals surface area contributed by atoms with E-state index < -0.39 is 11.4 Å². The first-order chi connectivity index (χ1) is 10.0. The Morgan fingerprint density at radius 2 is 2.05 bits per heavy atom. The average Bonchev–Trinajstić information content (AvgIpc) is 2.95. The molecular weight excluding hydrogens is 270 g/mol. The molecule has 0 saturated heterocycles. The SMILES string of the molecule is CCC(CC)(CNC(=O)c1ccc2cn[nH]c2c1)C(=O)O. The highest BCUT2D eigenvalue weighted by molar-refractivity contribution is 5.97. The topological polar surface area (TPSA) is 95.1 Å². The fourth-order valence-electron chi connectivity index (χ4n) is 2.31. The van der Waals surface area contributed by atoms with E-state index in [-0.39, 0.29) is 12.5 Å². The number of benzene rings is 1. The normalized spacial score (nSPS) is 11.5. The molecule has 0 bridgehead atoms. The first-order valence-electron chi connectivity index (χ1n) is 6.97. The minimum absolute atomic E-state index is 0.120. The van der Waals surface area contributed by atoms with Crippen molar-refractivity contribution in [3.05, 3.63) is 30.0 Å². The number of carboxylic acid groups (broad SMARTS) is 1. The lowest BCUT2D eigenvalue weighted by molar-refractivity contribution is -0.149. The van der Waals surface area contributed by atoms with Crippen LogP contribution in [0.1, 0.15) is 37.0 Å². The second-order valence-electron chi connectivity index (χ2n) is 5.15. The maximum absolute atomic E-state index is 12.2. The Morgan fingerprint density at radius 1 is 1.33 bits per heavy atom. The van der Waals surface area contributed by atoms with Gasteiger partial charge in [0.1, 0.15) is 0 Å². The van der Waals surface area contributed by atoms with E-state index in [2.05, 4.69) is 15.5 Å². The number of H-pyrrole nitrogens is 1. The zero-order chi connectivity index (χ0) is 15.5. The summed E-state index contributed by atoms with van der Waals surface area (Å²) in [5.74, 6) is -1.16. The molecule has 0 aliphatic rings. The summed E-state index contributed by atoms with van der Waals surface area (Å²) >= 11 is 0. The Hall–Kier alpha value is -2.37. The van der Waals surface area contributed by atoms with Crippen LogP contribution in [0.5, 0.6) is 0 Å². The van der Waals surface area contributed by atoms with E-state index in [0.717, 1.165) is 10.9 Å². The Bertz CT molecular complexity index is 659. The van der Waals surface area contributed by atoms with Gasteiger partial charge in [-0.2, -0.15) is 5.10 Å². The van der Waals surface area contributed by atoms with Gasteiger partial charge >= 0.3 is 5.97 Å². The number of carbonyl (C=O) groups excluding carboxylic acids is 1. The Morgan fingerprint density at radius 3 is 2.67 bits per heavy atom. The van der Waals surface area contributed by atoms with Gasteiger partial charge in [0, 0.05) is 17.5 Å². The third-order valence-corrected chi connectivity index (χ3v) is 4.10. The van der Waals surface area contributed by atoms with Crippen LogP contribution >= 0.6 is 0 Å². The Kier molecular flexibility index (Phi) is 4.26. The van der Waals surface area contributed by atoms with Gasteiger partial charge in [-0.05, 0) is 25.0 Å². The summed E-state index contributed by atoms with van der Waals surface area (Å²) in [7, 11) is 0. The predicted octanol–water partition coefficient (Wildman–Crippen LogP) is 2.18. The van der Waals surface area contributed by atoms with E-state index in [1.165, 1.54) is 0 Å². The van der Waals surface area contributed by atoms with Crippen LogP contribution < -0.4 is 5.32 Å². The first-order valence-corrected chi connectivity index (χ1v) is 6.97. The average molecular weight is 289 g/mol. The summed E-state index contributed by atoms with van der Waals surface area (Å²) in [5.41, 5.74) is 0.352. The summed E-state index contributed by atoms with van der Waals surface area (Å²) in [6, 6.07) is 5.21. The molecule has 0 radical (unpaired) electrons. The summed E-state index contributed by atoms with van der Waals surface area (Å²) in [5, 5.41) is 19.7. The highest BCUT2D eigenvalue weighted by atomic mass is 16.4. The zero-order valence-electron chi connectivity index (χ0n) is 12.1. The molecule has 0 fully saturated rings. The molecule has 1 amide bonds. The van der Waals surface area contributed by atoms with Gasteiger partial charge in [0.15, 0.2) is 0 Å². The van der Waals surface area contributed by atoms with Gasteiger partial charge in [0.05, 0.1) is 17.1 Å². The number of nitrogens with one attached hydrogen (secondary N) is 2. The van der Waals surface area contributed by atoms with Crippen LogP contribution in [0.4, 0.5) is 0 Å². The third-order valence-electron chi connectivity index (χ3n) is 4.10. The largest absolute Gasteiger partial charge is 0.481 e. The molecule has 0 saturated carbocycles. The minimum Gasteiger partial charge on any atom is -0.481 e.